The lowest BCUT2D eigenvalue weighted by Gasteiger charge is -2.23. The second kappa shape index (κ2) is 6.98. The van der Waals surface area contributed by atoms with Gasteiger partial charge in [0.05, 0.1) is 18.8 Å². The third kappa shape index (κ3) is 5.78. The van der Waals surface area contributed by atoms with Gasteiger partial charge in [-0.15, -0.1) is 0 Å². The minimum absolute atomic E-state index is 0.0858. The molecule has 0 radical (unpaired) electrons. The Kier molecular flexibility index (Phi) is 6.24. The number of hydrogen-bond donors (Lipinski definition) is 1. The van der Waals surface area contributed by atoms with E-state index in [1.54, 1.807) is 13.8 Å². The minimum atomic E-state index is -4.02. The summed E-state index contributed by atoms with van der Waals surface area (Å²) in [5, 5.41) is 0. The molecule has 0 amide bonds. The Morgan fingerprint density at radius 3 is 2.56 bits per heavy atom. The fourth-order valence-electron chi connectivity index (χ4n) is 1.65. The van der Waals surface area contributed by atoms with E-state index in [1.807, 2.05) is 13.8 Å². The summed E-state index contributed by atoms with van der Waals surface area (Å²) in [5.41, 5.74) is 0. The number of ether oxygens (including phenoxy) is 2. The molecule has 1 fully saturated rings. The second-order valence-corrected chi connectivity index (χ2v) is 6.21. The SMILES string of the molecule is CC(C)OCC1OCCC1OP(=O)(O)OC(C)C. The molecular weight excluding hydrogens is 259 g/mol. The van der Waals surface area contributed by atoms with E-state index in [4.69, 9.17) is 18.5 Å². The topological polar surface area (TPSA) is 74.2 Å². The third-order valence-electron chi connectivity index (χ3n) is 2.36. The molecule has 0 aliphatic carbocycles. The average Bonchev–Trinajstić information content (AvgIpc) is 2.59. The molecule has 1 rings (SSSR count). The zero-order valence-corrected chi connectivity index (χ0v) is 12.3. The summed E-state index contributed by atoms with van der Waals surface area (Å²) in [7, 11) is -4.02. The molecule has 7 heteroatoms. The summed E-state index contributed by atoms with van der Waals surface area (Å²) < 4.78 is 32.5. The van der Waals surface area contributed by atoms with E-state index in [0.29, 0.717) is 19.6 Å². The van der Waals surface area contributed by atoms with Gasteiger partial charge in [-0.2, -0.15) is 0 Å². The Morgan fingerprint density at radius 2 is 2.00 bits per heavy atom. The summed E-state index contributed by atoms with van der Waals surface area (Å²) in [5.74, 6) is 0. The first-order valence-electron chi connectivity index (χ1n) is 6.23. The zero-order valence-electron chi connectivity index (χ0n) is 11.4. The molecule has 0 spiro atoms. The van der Waals surface area contributed by atoms with Crippen molar-refractivity contribution in [3.05, 3.63) is 0 Å². The van der Waals surface area contributed by atoms with Gasteiger partial charge in [0.2, 0.25) is 0 Å². The molecule has 0 aromatic carbocycles. The molecule has 0 bridgehead atoms. The highest BCUT2D eigenvalue weighted by atomic mass is 31.2. The van der Waals surface area contributed by atoms with Crippen LogP contribution in [-0.2, 0) is 23.1 Å². The fourth-order valence-corrected chi connectivity index (χ4v) is 2.82. The molecule has 1 saturated heterocycles. The van der Waals surface area contributed by atoms with Crippen molar-refractivity contribution in [3.8, 4) is 0 Å². The first-order chi connectivity index (χ1) is 8.30. The maximum absolute atomic E-state index is 11.7. The lowest BCUT2D eigenvalue weighted by molar-refractivity contribution is -0.0431. The highest BCUT2D eigenvalue weighted by Gasteiger charge is 2.36. The van der Waals surface area contributed by atoms with Crippen molar-refractivity contribution in [1.82, 2.24) is 0 Å². The molecule has 1 aliphatic heterocycles. The van der Waals surface area contributed by atoms with Crippen LogP contribution in [0, 0.1) is 0 Å². The average molecular weight is 282 g/mol. The monoisotopic (exact) mass is 282 g/mol. The Hall–Kier alpha value is 0.0300. The summed E-state index contributed by atoms with van der Waals surface area (Å²) in [6.07, 6.45) is -0.490. The molecule has 1 N–H and O–H groups in total. The number of hydrogen-bond acceptors (Lipinski definition) is 5. The maximum Gasteiger partial charge on any atom is 0.472 e. The molecule has 0 aromatic rings. The second-order valence-electron chi connectivity index (χ2n) is 4.85. The van der Waals surface area contributed by atoms with Crippen molar-refractivity contribution in [2.75, 3.05) is 13.2 Å². The van der Waals surface area contributed by atoms with E-state index in [-0.39, 0.29) is 18.3 Å². The highest BCUT2D eigenvalue weighted by molar-refractivity contribution is 7.47. The van der Waals surface area contributed by atoms with Crippen LogP contribution in [0.1, 0.15) is 34.1 Å². The van der Waals surface area contributed by atoms with E-state index in [2.05, 4.69) is 0 Å². The van der Waals surface area contributed by atoms with E-state index < -0.39 is 13.9 Å². The van der Waals surface area contributed by atoms with E-state index in [1.165, 1.54) is 0 Å². The largest absolute Gasteiger partial charge is 0.472 e. The van der Waals surface area contributed by atoms with Crippen molar-refractivity contribution in [2.45, 2.75) is 58.5 Å². The number of phosphoric ester groups is 1. The van der Waals surface area contributed by atoms with Crippen molar-refractivity contribution in [2.24, 2.45) is 0 Å². The summed E-state index contributed by atoms with van der Waals surface area (Å²) in [6, 6.07) is 0. The third-order valence-corrected chi connectivity index (χ3v) is 3.58. The molecule has 0 aromatic heterocycles. The van der Waals surface area contributed by atoms with Crippen LogP contribution < -0.4 is 0 Å². The van der Waals surface area contributed by atoms with E-state index >= 15 is 0 Å². The zero-order chi connectivity index (χ0) is 13.8. The molecule has 1 aliphatic rings. The van der Waals surface area contributed by atoms with Crippen LogP contribution in [0.3, 0.4) is 0 Å². The van der Waals surface area contributed by atoms with E-state index in [0.717, 1.165) is 0 Å². The van der Waals surface area contributed by atoms with Gasteiger partial charge < -0.3 is 14.4 Å². The molecule has 18 heavy (non-hydrogen) atoms. The minimum Gasteiger partial charge on any atom is -0.376 e. The predicted molar refractivity (Wildman–Crippen MR) is 66.4 cm³/mol. The van der Waals surface area contributed by atoms with Crippen LogP contribution in [0.4, 0.5) is 0 Å². The van der Waals surface area contributed by atoms with Crippen molar-refractivity contribution in [3.63, 3.8) is 0 Å². The van der Waals surface area contributed by atoms with Crippen LogP contribution in [0.5, 0.6) is 0 Å². The summed E-state index contributed by atoms with van der Waals surface area (Å²) >= 11 is 0. The van der Waals surface area contributed by atoms with E-state index in [9.17, 15) is 9.46 Å². The van der Waals surface area contributed by atoms with Gasteiger partial charge in [0.25, 0.3) is 0 Å². The lowest BCUT2D eigenvalue weighted by atomic mass is 10.2. The fraction of sp³-hybridized carbons (Fsp3) is 1.00. The van der Waals surface area contributed by atoms with Gasteiger partial charge >= 0.3 is 7.82 Å². The standard InChI is InChI=1S/C11H23O6P/c1-8(2)15-7-11-10(5-6-14-11)17-18(12,13)16-9(3)4/h8-11H,5-7H2,1-4H3,(H,12,13). The Morgan fingerprint density at radius 1 is 1.33 bits per heavy atom. The van der Waals surface area contributed by atoms with Gasteiger partial charge in [-0.3, -0.25) is 9.05 Å². The van der Waals surface area contributed by atoms with Crippen LogP contribution in [0.2, 0.25) is 0 Å². The van der Waals surface area contributed by atoms with Crippen molar-refractivity contribution in [1.29, 1.82) is 0 Å². The van der Waals surface area contributed by atoms with Crippen molar-refractivity contribution >= 4 is 7.82 Å². The van der Waals surface area contributed by atoms with Gasteiger partial charge in [-0.25, -0.2) is 4.57 Å². The maximum atomic E-state index is 11.7. The first-order valence-corrected chi connectivity index (χ1v) is 7.72. The van der Waals surface area contributed by atoms with Gasteiger partial charge in [0.15, 0.2) is 0 Å². The summed E-state index contributed by atoms with van der Waals surface area (Å²) in [4.78, 5) is 9.56. The van der Waals surface area contributed by atoms with Gasteiger partial charge in [0.1, 0.15) is 12.2 Å². The Bertz CT molecular complexity index is 293. The quantitative estimate of drug-likeness (QED) is 0.721. The first kappa shape index (κ1) is 16.1. The Balaban J connectivity index is 2.46. The van der Waals surface area contributed by atoms with Gasteiger partial charge in [0, 0.05) is 13.0 Å². The molecule has 1 heterocycles. The molecular formula is C11H23O6P. The number of rotatable bonds is 7. The summed E-state index contributed by atoms with van der Waals surface area (Å²) in [6.45, 7) is 8.04. The van der Waals surface area contributed by atoms with Crippen LogP contribution in [0.15, 0.2) is 0 Å². The molecule has 3 atom stereocenters. The van der Waals surface area contributed by atoms with Crippen molar-refractivity contribution < 1.29 is 28.0 Å². The predicted octanol–water partition coefficient (Wildman–Crippen LogP) is 2.11. The molecule has 108 valence electrons. The molecule has 0 saturated carbocycles. The molecule has 6 nitrogen and oxygen atoms in total. The lowest BCUT2D eigenvalue weighted by Crippen LogP contribution is -2.30. The highest BCUT2D eigenvalue weighted by Crippen LogP contribution is 2.47. The van der Waals surface area contributed by atoms with Crippen LogP contribution >= 0.6 is 7.82 Å². The smallest absolute Gasteiger partial charge is 0.376 e. The normalized spacial score (nSPS) is 27.9. The molecule has 3 unspecified atom stereocenters. The Labute approximate surface area is 108 Å². The van der Waals surface area contributed by atoms with Gasteiger partial charge in [-0.05, 0) is 27.7 Å². The van der Waals surface area contributed by atoms with Crippen LogP contribution in [-0.4, -0.2) is 42.5 Å². The van der Waals surface area contributed by atoms with Gasteiger partial charge in [-0.1, -0.05) is 0 Å². The van der Waals surface area contributed by atoms with Crippen LogP contribution in [0.25, 0.3) is 0 Å². The number of phosphoric acid groups is 1.